The van der Waals surface area contributed by atoms with Crippen molar-refractivity contribution in [3.05, 3.63) is 174 Å². The van der Waals surface area contributed by atoms with E-state index in [1.165, 1.54) is 72.0 Å². The number of hydrogen-bond acceptors (Lipinski definition) is 1. The van der Waals surface area contributed by atoms with Gasteiger partial charge in [-0.3, -0.25) is 0 Å². The summed E-state index contributed by atoms with van der Waals surface area (Å²) in [6.45, 7) is 0. The first-order valence-electron chi connectivity index (χ1n) is 15.6. The van der Waals surface area contributed by atoms with E-state index in [9.17, 15) is 0 Å². The molecule has 2 heteroatoms. The van der Waals surface area contributed by atoms with Crippen molar-refractivity contribution in [3.63, 3.8) is 0 Å². The molecule has 1 unspecified atom stereocenters. The summed E-state index contributed by atoms with van der Waals surface area (Å²) in [6.07, 6.45) is 0. The van der Waals surface area contributed by atoms with Gasteiger partial charge in [-0.15, -0.1) is 0 Å². The molecule has 9 aromatic rings. The molecule has 0 saturated carbocycles. The minimum absolute atomic E-state index is 0.490. The van der Waals surface area contributed by atoms with Crippen LogP contribution in [0.15, 0.2) is 156 Å². The van der Waals surface area contributed by atoms with Gasteiger partial charge in [-0.25, -0.2) is 0 Å². The quantitative estimate of drug-likeness (QED) is 0.192. The van der Waals surface area contributed by atoms with Crippen molar-refractivity contribution in [3.8, 4) is 27.9 Å². The Bertz CT molecular complexity index is 2720. The predicted molar refractivity (Wildman–Crippen MR) is 184 cm³/mol. The fraction of sp³-hybridized carbons (Fsp3) is 0.0233. The van der Waals surface area contributed by atoms with Gasteiger partial charge in [0.1, 0.15) is 11.2 Å². The van der Waals surface area contributed by atoms with Crippen molar-refractivity contribution in [1.82, 2.24) is 4.57 Å². The zero-order valence-corrected chi connectivity index (χ0v) is 24.3. The van der Waals surface area contributed by atoms with Crippen molar-refractivity contribution in [2.75, 3.05) is 0 Å². The van der Waals surface area contributed by atoms with Gasteiger partial charge in [0.25, 0.3) is 0 Å². The lowest BCUT2D eigenvalue weighted by molar-refractivity contribution is 0.669. The molecule has 2 nitrogen and oxygen atoms in total. The fourth-order valence-corrected chi connectivity index (χ4v) is 8.76. The summed E-state index contributed by atoms with van der Waals surface area (Å²) in [5.74, 6) is 0. The van der Waals surface area contributed by atoms with E-state index >= 15 is 0 Å². The van der Waals surface area contributed by atoms with Gasteiger partial charge in [0.05, 0.1) is 22.1 Å². The SMILES string of the molecule is c1ccc2c(c1)-c1cccc(-c3ccc4oc5ccccc5c4c3)c1C21c2ccccc2-n2c3ccccc3c3cccc1c32. The second-order valence-electron chi connectivity index (χ2n) is 12.4. The molecule has 1 spiro atoms. The van der Waals surface area contributed by atoms with E-state index in [0.29, 0.717) is 0 Å². The Morgan fingerprint density at radius 2 is 1.11 bits per heavy atom. The Morgan fingerprint density at radius 1 is 0.444 bits per heavy atom. The summed E-state index contributed by atoms with van der Waals surface area (Å²) in [6, 6.07) is 55.9. The van der Waals surface area contributed by atoms with Gasteiger partial charge in [0, 0.05) is 21.5 Å². The molecular weight excluding hydrogens is 546 g/mol. The van der Waals surface area contributed by atoms with Gasteiger partial charge in [-0.05, 0) is 74.8 Å². The summed E-state index contributed by atoms with van der Waals surface area (Å²) in [7, 11) is 0. The van der Waals surface area contributed by atoms with Gasteiger partial charge in [-0.2, -0.15) is 0 Å². The summed E-state index contributed by atoms with van der Waals surface area (Å²) in [5.41, 5.74) is 15.6. The van der Waals surface area contributed by atoms with Gasteiger partial charge in [0.2, 0.25) is 0 Å². The smallest absolute Gasteiger partial charge is 0.135 e. The molecule has 0 saturated heterocycles. The van der Waals surface area contributed by atoms with Crippen molar-refractivity contribution in [2.45, 2.75) is 5.41 Å². The van der Waals surface area contributed by atoms with Gasteiger partial charge in [-0.1, -0.05) is 121 Å². The lowest BCUT2D eigenvalue weighted by atomic mass is 9.64. The summed E-state index contributed by atoms with van der Waals surface area (Å²) in [5, 5.41) is 4.89. The van der Waals surface area contributed by atoms with Gasteiger partial charge < -0.3 is 8.98 Å². The average Bonchev–Trinajstić information content (AvgIpc) is 3.74. The van der Waals surface area contributed by atoms with Crippen LogP contribution in [0.4, 0.5) is 0 Å². The lowest BCUT2D eigenvalue weighted by Crippen LogP contribution is -2.34. The maximum Gasteiger partial charge on any atom is 0.135 e. The highest BCUT2D eigenvalue weighted by atomic mass is 16.3. The summed E-state index contributed by atoms with van der Waals surface area (Å²) >= 11 is 0. The molecule has 0 N–H and O–H groups in total. The summed E-state index contributed by atoms with van der Waals surface area (Å²) < 4.78 is 8.75. The van der Waals surface area contributed by atoms with Gasteiger partial charge in [0.15, 0.2) is 0 Å². The van der Waals surface area contributed by atoms with Crippen LogP contribution in [0.2, 0.25) is 0 Å². The van der Waals surface area contributed by atoms with Crippen LogP contribution in [0.3, 0.4) is 0 Å². The van der Waals surface area contributed by atoms with E-state index in [-0.39, 0.29) is 0 Å². The third-order valence-electron chi connectivity index (χ3n) is 10.4. The molecular formula is C43H25NO. The maximum atomic E-state index is 6.25. The fourth-order valence-electron chi connectivity index (χ4n) is 8.76. The molecule has 2 aliphatic rings. The Balaban J connectivity index is 1.34. The number of rotatable bonds is 1. The molecule has 3 heterocycles. The van der Waals surface area contributed by atoms with Crippen LogP contribution < -0.4 is 0 Å². The van der Waals surface area contributed by atoms with Gasteiger partial charge >= 0.3 is 0 Å². The molecule has 1 aliphatic heterocycles. The molecule has 0 amide bonds. The standard InChI is InChI=1S/C43H25NO/c1-4-17-34-28(11-1)31-15-9-14-27(26-23-24-40-33(25-26)30-13-3-8-22-39(30)45-40)41(31)43(34)35-18-5-7-21-38(35)44-37-20-6-2-12-29(37)32-16-10-19-36(43)42(32)44/h1-25H. The first-order chi connectivity index (χ1) is 22.3. The highest BCUT2D eigenvalue weighted by molar-refractivity contribution is 6.13. The van der Waals surface area contributed by atoms with E-state index in [0.717, 1.165) is 21.9 Å². The number of hydrogen-bond donors (Lipinski definition) is 0. The zero-order chi connectivity index (χ0) is 29.3. The Kier molecular flexibility index (Phi) is 4.29. The normalized spacial score (nSPS) is 16.1. The van der Waals surface area contributed by atoms with Crippen LogP contribution in [0.5, 0.6) is 0 Å². The van der Waals surface area contributed by atoms with E-state index in [4.69, 9.17) is 4.42 Å². The van der Waals surface area contributed by atoms with Crippen LogP contribution in [0.25, 0.3) is 71.7 Å². The summed E-state index contributed by atoms with van der Waals surface area (Å²) in [4.78, 5) is 0. The molecule has 0 radical (unpaired) electrons. The first kappa shape index (κ1) is 23.6. The van der Waals surface area contributed by atoms with Crippen LogP contribution >= 0.6 is 0 Å². The molecule has 1 atom stereocenters. The number of fused-ring (bicyclic) bond motifs is 15. The van der Waals surface area contributed by atoms with Crippen molar-refractivity contribution in [1.29, 1.82) is 0 Å². The Labute approximate surface area is 259 Å². The zero-order valence-electron chi connectivity index (χ0n) is 24.3. The topological polar surface area (TPSA) is 18.1 Å². The second kappa shape index (κ2) is 8.19. The third-order valence-corrected chi connectivity index (χ3v) is 10.4. The monoisotopic (exact) mass is 571 g/mol. The molecule has 7 aromatic carbocycles. The molecule has 0 bridgehead atoms. The van der Waals surface area contributed by atoms with Crippen LogP contribution in [0, 0.1) is 0 Å². The molecule has 1 aliphatic carbocycles. The number of nitrogens with zero attached hydrogens (tertiary/aromatic N) is 1. The van der Waals surface area contributed by atoms with Crippen LogP contribution in [-0.2, 0) is 5.41 Å². The second-order valence-corrected chi connectivity index (χ2v) is 12.4. The Morgan fingerprint density at radius 3 is 2.07 bits per heavy atom. The van der Waals surface area contributed by atoms with Crippen molar-refractivity contribution in [2.24, 2.45) is 0 Å². The molecule has 11 rings (SSSR count). The van der Waals surface area contributed by atoms with Crippen molar-refractivity contribution < 1.29 is 4.42 Å². The Hall–Kier alpha value is -5.86. The molecule has 45 heavy (non-hydrogen) atoms. The van der Waals surface area contributed by atoms with E-state index in [1.54, 1.807) is 0 Å². The van der Waals surface area contributed by atoms with E-state index in [2.05, 4.69) is 150 Å². The molecule has 2 aromatic heterocycles. The number of aromatic nitrogens is 1. The minimum atomic E-state index is -0.490. The first-order valence-corrected chi connectivity index (χ1v) is 15.6. The lowest BCUT2D eigenvalue weighted by Gasteiger charge is -2.40. The minimum Gasteiger partial charge on any atom is -0.456 e. The maximum absolute atomic E-state index is 6.25. The number of para-hydroxylation sites is 4. The third kappa shape index (κ3) is 2.73. The predicted octanol–water partition coefficient (Wildman–Crippen LogP) is 11.0. The molecule has 0 fully saturated rings. The highest BCUT2D eigenvalue weighted by Crippen LogP contribution is 2.62. The van der Waals surface area contributed by atoms with Crippen LogP contribution in [-0.4, -0.2) is 4.57 Å². The molecule has 208 valence electrons. The number of furan rings is 1. The van der Waals surface area contributed by atoms with Crippen molar-refractivity contribution >= 4 is 43.7 Å². The average molecular weight is 572 g/mol. The van der Waals surface area contributed by atoms with Crippen LogP contribution in [0.1, 0.15) is 22.3 Å². The van der Waals surface area contributed by atoms with E-state index in [1.807, 2.05) is 6.07 Å². The largest absolute Gasteiger partial charge is 0.456 e. The van der Waals surface area contributed by atoms with E-state index < -0.39 is 5.41 Å². The number of benzene rings is 7. The highest BCUT2D eigenvalue weighted by Gasteiger charge is 2.51.